The van der Waals surface area contributed by atoms with Gasteiger partial charge in [0.1, 0.15) is 0 Å². The van der Waals surface area contributed by atoms with Gasteiger partial charge in [0, 0.05) is 17.4 Å². The van der Waals surface area contributed by atoms with Crippen molar-refractivity contribution in [3.63, 3.8) is 0 Å². The van der Waals surface area contributed by atoms with Gasteiger partial charge in [-0.2, -0.15) is 0 Å². The first-order chi connectivity index (χ1) is 13.4. The maximum atomic E-state index is 12.6. The molecule has 1 aromatic rings. The highest BCUT2D eigenvalue weighted by atomic mass is 79.9. The van der Waals surface area contributed by atoms with E-state index in [9.17, 15) is 13.2 Å². The van der Waals surface area contributed by atoms with Gasteiger partial charge in [0.05, 0.1) is 4.90 Å². The molecule has 1 aromatic carbocycles. The number of hydroxylamine groups is 1. The van der Waals surface area contributed by atoms with Gasteiger partial charge < -0.3 is 0 Å². The van der Waals surface area contributed by atoms with E-state index in [0.29, 0.717) is 43.1 Å². The molecule has 2 saturated carbocycles. The molecule has 0 unspecified atom stereocenters. The molecule has 0 aromatic heterocycles. The summed E-state index contributed by atoms with van der Waals surface area (Å²) in [5.74, 6) is 1.55. The fraction of sp³-hybridized carbons (Fsp3) is 0.550. The van der Waals surface area contributed by atoms with E-state index in [1.807, 2.05) is 0 Å². The van der Waals surface area contributed by atoms with Crippen LogP contribution < -0.4 is 10.2 Å². The summed E-state index contributed by atoms with van der Waals surface area (Å²) in [6.45, 7) is 0.460. The lowest BCUT2D eigenvalue weighted by molar-refractivity contribution is -0.129. The van der Waals surface area contributed by atoms with Gasteiger partial charge in [0.15, 0.2) is 0 Å². The molecule has 6 nitrogen and oxygen atoms in total. The number of allylic oxidation sites excluding steroid dienone is 2. The zero-order valence-electron chi connectivity index (χ0n) is 15.7. The van der Waals surface area contributed by atoms with Crippen LogP contribution in [-0.4, -0.2) is 26.1 Å². The molecular weight excluding hydrogens is 444 g/mol. The number of sulfonamides is 1. The van der Waals surface area contributed by atoms with Gasteiger partial charge in [-0.25, -0.2) is 18.6 Å². The first-order valence-corrected chi connectivity index (χ1v) is 12.0. The fourth-order valence-electron chi connectivity index (χ4n) is 4.65. The van der Waals surface area contributed by atoms with E-state index in [0.717, 1.165) is 10.9 Å². The molecule has 0 saturated heterocycles. The first kappa shape index (κ1) is 21.5. The Morgan fingerprint density at radius 1 is 1.21 bits per heavy atom. The van der Waals surface area contributed by atoms with Crippen molar-refractivity contribution >= 4 is 31.9 Å². The zero-order chi connectivity index (χ0) is 20.1. The van der Waals surface area contributed by atoms with Gasteiger partial charge in [0.25, 0.3) is 0 Å². The van der Waals surface area contributed by atoms with Gasteiger partial charge in [0.2, 0.25) is 15.9 Å². The number of benzene rings is 1. The maximum Gasteiger partial charge on any atom is 0.243 e. The summed E-state index contributed by atoms with van der Waals surface area (Å²) in [7, 11) is -3.51. The molecule has 2 fully saturated rings. The maximum absolute atomic E-state index is 12.6. The van der Waals surface area contributed by atoms with Crippen LogP contribution in [0.4, 0.5) is 0 Å². The Balaban J connectivity index is 1.57. The lowest BCUT2D eigenvalue weighted by atomic mass is 9.79. The van der Waals surface area contributed by atoms with E-state index in [4.69, 9.17) is 5.21 Å². The Labute approximate surface area is 174 Å². The Hall–Kier alpha value is -1.22. The molecule has 28 heavy (non-hydrogen) atoms. The van der Waals surface area contributed by atoms with Crippen LogP contribution in [0.5, 0.6) is 0 Å². The number of hydrogen-bond donors (Lipinski definition) is 3. The number of halogens is 1. The summed E-state index contributed by atoms with van der Waals surface area (Å²) < 4.78 is 28.9. The molecule has 2 aliphatic carbocycles. The van der Waals surface area contributed by atoms with Crippen LogP contribution in [-0.2, 0) is 14.8 Å². The highest BCUT2D eigenvalue weighted by Gasteiger charge is 2.46. The Morgan fingerprint density at radius 3 is 2.64 bits per heavy atom. The normalized spacial score (nSPS) is 26.8. The Kier molecular flexibility index (Phi) is 7.31. The summed E-state index contributed by atoms with van der Waals surface area (Å²) in [6, 6.07) is 6.67. The summed E-state index contributed by atoms with van der Waals surface area (Å²) in [5.41, 5.74) is 1.64. The predicted molar refractivity (Wildman–Crippen MR) is 110 cm³/mol. The monoisotopic (exact) mass is 470 g/mol. The number of fused-ring (bicyclic) bond motifs is 2. The van der Waals surface area contributed by atoms with Crippen molar-refractivity contribution in [2.45, 2.75) is 43.4 Å². The molecule has 154 valence electrons. The van der Waals surface area contributed by atoms with Crippen molar-refractivity contribution < 1.29 is 18.4 Å². The summed E-state index contributed by atoms with van der Waals surface area (Å²) in [4.78, 5) is 11.3. The summed E-state index contributed by atoms with van der Waals surface area (Å²) >= 11 is 3.32. The molecule has 8 heteroatoms. The minimum Gasteiger partial charge on any atom is -0.289 e. The zero-order valence-corrected chi connectivity index (χ0v) is 18.1. The molecule has 2 aliphatic rings. The van der Waals surface area contributed by atoms with Crippen LogP contribution in [0.3, 0.4) is 0 Å². The molecule has 0 spiro atoms. The number of carbonyl (C=O) groups is 1. The molecule has 1 amide bonds. The van der Waals surface area contributed by atoms with Crippen LogP contribution >= 0.6 is 15.9 Å². The molecule has 3 rings (SSSR count). The summed E-state index contributed by atoms with van der Waals surface area (Å²) in [6.07, 6.45) is 9.65. The van der Waals surface area contributed by atoms with E-state index in [-0.39, 0.29) is 10.8 Å². The van der Waals surface area contributed by atoms with E-state index in [2.05, 4.69) is 32.8 Å². The van der Waals surface area contributed by atoms with Gasteiger partial charge in [-0.3, -0.25) is 10.0 Å². The smallest absolute Gasteiger partial charge is 0.243 e. The minimum atomic E-state index is -3.51. The lowest BCUT2D eigenvalue weighted by Gasteiger charge is -2.29. The highest BCUT2D eigenvalue weighted by Crippen LogP contribution is 2.52. The molecule has 4 atom stereocenters. The highest BCUT2D eigenvalue weighted by molar-refractivity contribution is 9.10. The van der Waals surface area contributed by atoms with Crippen LogP contribution in [0, 0.1) is 23.7 Å². The van der Waals surface area contributed by atoms with Crippen LogP contribution in [0.15, 0.2) is 45.8 Å². The van der Waals surface area contributed by atoms with Crippen LogP contribution in [0.25, 0.3) is 0 Å². The average Bonchev–Trinajstić information content (AvgIpc) is 3.28. The number of hydrogen-bond acceptors (Lipinski definition) is 4. The standard InChI is InChI=1S/C20H27BrN2O4S/c21-16-8-10-17(11-9-16)28(26,27)22-13-19-15-7-6-14(12-15)18(19)4-2-1-3-5-20(24)23-25/h2,4,8-11,14-15,18-19,22,25H,1,3,5-7,12-13H2,(H,23,24)/b4-2-/t14-,15+,18+,19+/m0/s1. The van der Waals surface area contributed by atoms with E-state index in [1.54, 1.807) is 29.7 Å². The Bertz CT molecular complexity index is 810. The topological polar surface area (TPSA) is 95.5 Å². The van der Waals surface area contributed by atoms with Crippen molar-refractivity contribution in [3.05, 3.63) is 40.9 Å². The quantitative estimate of drug-likeness (QED) is 0.222. The number of rotatable bonds is 9. The van der Waals surface area contributed by atoms with Crippen molar-refractivity contribution in [2.75, 3.05) is 6.54 Å². The van der Waals surface area contributed by atoms with Crippen molar-refractivity contribution in [2.24, 2.45) is 23.7 Å². The van der Waals surface area contributed by atoms with Crippen LogP contribution in [0.1, 0.15) is 38.5 Å². The van der Waals surface area contributed by atoms with E-state index >= 15 is 0 Å². The second-order valence-electron chi connectivity index (χ2n) is 7.74. The largest absolute Gasteiger partial charge is 0.289 e. The van der Waals surface area contributed by atoms with Gasteiger partial charge in [-0.15, -0.1) is 0 Å². The number of unbranched alkanes of at least 4 members (excludes halogenated alkanes) is 1. The molecular formula is C20H27BrN2O4S. The fourth-order valence-corrected chi connectivity index (χ4v) is 5.99. The molecule has 0 heterocycles. The SMILES string of the molecule is O=C(CCC/C=C\[C@@H]1[C@H]2CC[C@H](C2)[C@H]1CNS(=O)(=O)c1ccc(Br)cc1)NO. The third-order valence-corrected chi connectivity index (χ3v) is 8.02. The van der Waals surface area contributed by atoms with Gasteiger partial charge in [-0.05, 0) is 80.0 Å². The predicted octanol–water partition coefficient (Wildman–Crippen LogP) is 3.62. The third kappa shape index (κ3) is 5.23. The molecule has 0 aliphatic heterocycles. The summed E-state index contributed by atoms with van der Waals surface area (Å²) in [5, 5.41) is 8.51. The second-order valence-corrected chi connectivity index (χ2v) is 10.4. The minimum absolute atomic E-state index is 0.285. The number of nitrogens with one attached hydrogen (secondary N) is 2. The van der Waals surface area contributed by atoms with Crippen LogP contribution in [0.2, 0.25) is 0 Å². The molecule has 3 N–H and O–H groups in total. The van der Waals surface area contributed by atoms with Gasteiger partial charge >= 0.3 is 0 Å². The van der Waals surface area contributed by atoms with Gasteiger partial charge in [-0.1, -0.05) is 28.1 Å². The van der Waals surface area contributed by atoms with Crippen molar-refractivity contribution in [1.82, 2.24) is 10.2 Å². The number of carbonyl (C=O) groups excluding carboxylic acids is 1. The molecule has 0 radical (unpaired) electrons. The average molecular weight is 471 g/mol. The second kappa shape index (κ2) is 9.52. The number of amides is 1. The first-order valence-electron chi connectivity index (χ1n) is 9.75. The lowest BCUT2D eigenvalue weighted by Crippen LogP contribution is -2.35. The molecule has 2 bridgehead atoms. The van der Waals surface area contributed by atoms with Crippen molar-refractivity contribution in [1.29, 1.82) is 0 Å². The van der Waals surface area contributed by atoms with Crippen molar-refractivity contribution in [3.8, 4) is 0 Å². The third-order valence-electron chi connectivity index (χ3n) is 6.05. The van der Waals surface area contributed by atoms with E-state index < -0.39 is 10.0 Å². The van der Waals surface area contributed by atoms with E-state index in [1.165, 1.54) is 19.3 Å². The Morgan fingerprint density at radius 2 is 1.93 bits per heavy atom.